The van der Waals surface area contributed by atoms with Crippen LogP contribution in [0.2, 0.25) is 0 Å². The molecule has 0 fully saturated rings. The van der Waals surface area contributed by atoms with Crippen LogP contribution < -0.4 is 0 Å². The minimum Gasteiger partial charge on any atom is -0.372 e. The van der Waals surface area contributed by atoms with Crippen molar-refractivity contribution < 1.29 is 23.9 Å². The fraction of sp³-hybridized carbons (Fsp3) is 0.0476. The smallest absolute Gasteiger partial charge is 0.194 e. The molecule has 0 aliphatic rings. The lowest BCUT2D eigenvalue weighted by molar-refractivity contribution is 0.0952. The van der Waals surface area contributed by atoms with Gasteiger partial charge in [0, 0.05) is 44.5 Å². The van der Waals surface area contributed by atoms with Crippen LogP contribution in [0, 0.1) is 0 Å². The topological polar surface area (TPSA) is 77.5 Å². The Morgan fingerprint density at radius 2 is 0.638 bits per heavy atom. The van der Waals surface area contributed by atoms with E-state index in [4.69, 9.17) is 4.74 Å². The quantitative estimate of drug-likeness (QED) is 0.130. The number of carbonyl (C=O) groups is 4. The summed E-state index contributed by atoms with van der Waals surface area (Å²) in [6, 6.07) is 45.6. The number of hydrogen-bond acceptors (Lipinski definition) is 5. The van der Waals surface area contributed by atoms with Crippen molar-refractivity contribution in [2.75, 3.05) is 0 Å². The zero-order valence-electron chi connectivity index (χ0n) is 25.5. The average Bonchev–Trinajstić information content (AvgIpc) is 3.15. The molecule has 0 N–H and O–H groups in total. The van der Waals surface area contributed by atoms with Crippen molar-refractivity contribution in [2.24, 2.45) is 0 Å². The summed E-state index contributed by atoms with van der Waals surface area (Å²) < 4.78 is 6.21. The molecular weight excluding hydrogens is 584 g/mol. The third kappa shape index (κ3) is 6.81. The SMILES string of the molecule is O=C(c1ccccc1)c1cccc(COCc2cccc(C(=O)c3ccccc3)c2C(=O)c2ccccc2)c1C(=O)c1ccccc1. The van der Waals surface area contributed by atoms with Crippen LogP contribution in [0.5, 0.6) is 0 Å². The summed E-state index contributed by atoms with van der Waals surface area (Å²) in [6.07, 6.45) is 0. The molecule has 0 bridgehead atoms. The van der Waals surface area contributed by atoms with Crippen molar-refractivity contribution in [3.8, 4) is 0 Å². The van der Waals surface area contributed by atoms with Gasteiger partial charge in [-0.2, -0.15) is 0 Å². The Hall–Kier alpha value is -6.04. The molecule has 0 aliphatic carbocycles. The Morgan fingerprint density at radius 3 is 0.957 bits per heavy atom. The van der Waals surface area contributed by atoms with Gasteiger partial charge in [-0.15, -0.1) is 0 Å². The summed E-state index contributed by atoms with van der Waals surface area (Å²) in [5.74, 6) is -1.12. The van der Waals surface area contributed by atoms with Crippen LogP contribution in [0.3, 0.4) is 0 Å². The Labute approximate surface area is 273 Å². The molecule has 0 saturated carbocycles. The van der Waals surface area contributed by atoms with Crippen LogP contribution in [0.4, 0.5) is 0 Å². The predicted octanol–water partition coefficient (Wildman–Crippen LogP) is 8.33. The molecule has 6 rings (SSSR count). The zero-order valence-corrected chi connectivity index (χ0v) is 25.5. The van der Waals surface area contributed by atoms with Crippen LogP contribution in [0.1, 0.15) is 74.8 Å². The van der Waals surface area contributed by atoms with Gasteiger partial charge in [0.25, 0.3) is 0 Å². The molecule has 47 heavy (non-hydrogen) atoms. The maximum absolute atomic E-state index is 13.9. The lowest BCUT2D eigenvalue weighted by Crippen LogP contribution is -2.16. The number of ether oxygens (including phenoxy) is 1. The minimum absolute atomic E-state index is 0.0142. The van der Waals surface area contributed by atoms with E-state index >= 15 is 0 Å². The minimum atomic E-state index is -0.292. The zero-order chi connectivity index (χ0) is 32.6. The average molecular weight is 615 g/mol. The summed E-state index contributed by atoms with van der Waals surface area (Å²) in [6.45, 7) is -0.0285. The Bertz CT molecular complexity index is 1900. The molecule has 0 heterocycles. The lowest BCUT2D eigenvalue weighted by Gasteiger charge is -2.16. The Balaban J connectivity index is 1.36. The molecule has 0 spiro atoms. The molecule has 5 heteroatoms. The molecule has 6 aromatic carbocycles. The predicted molar refractivity (Wildman–Crippen MR) is 181 cm³/mol. The third-order valence-corrected chi connectivity index (χ3v) is 7.90. The van der Waals surface area contributed by atoms with E-state index in [1.54, 1.807) is 133 Å². The molecule has 0 amide bonds. The maximum atomic E-state index is 13.9. The van der Waals surface area contributed by atoms with Crippen LogP contribution in [0.25, 0.3) is 0 Å². The van der Waals surface area contributed by atoms with Crippen molar-refractivity contribution in [1.29, 1.82) is 0 Å². The molecule has 0 saturated heterocycles. The van der Waals surface area contributed by atoms with Gasteiger partial charge in [0.15, 0.2) is 23.1 Å². The summed E-state index contributed by atoms with van der Waals surface area (Å²) in [7, 11) is 0. The maximum Gasteiger partial charge on any atom is 0.194 e. The molecule has 228 valence electrons. The van der Waals surface area contributed by atoms with Gasteiger partial charge in [-0.1, -0.05) is 158 Å². The van der Waals surface area contributed by atoms with Gasteiger partial charge in [-0.05, 0) is 11.1 Å². The number of carbonyl (C=O) groups excluding carboxylic acids is 4. The van der Waals surface area contributed by atoms with Gasteiger partial charge in [-0.25, -0.2) is 0 Å². The van der Waals surface area contributed by atoms with E-state index in [1.165, 1.54) is 0 Å². The van der Waals surface area contributed by atoms with Gasteiger partial charge in [0.05, 0.1) is 13.2 Å². The van der Waals surface area contributed by atoms with Crippen LogP contribution in [-0.4, -0.2) is 23.1 Å². The fourth-order valence-electron chi connectivity index (χ4n) is 5.58. The van der Waals surface area contributed by atoms with E-state index in [-0.39, 0.29) is 58.6 Å². The Kier molecular flexibility index (Phi) is 9.47. The number of ketones is 4. The van der Waals surface area contributed by atoms with E-state index < -0.39 is 0 Å². The first-order chi connectivity index (χ1) is 23.0. The van der Waals surface area contributed by atoms with Crippen molar-refractivity contribution in [1.82, 2.24) is 0 Å². The van der Waals surface area contributed by atoms with E-state index in [2.05, 4.69) is 0 Å². The van der Waals surface area contributed by atoms with Crippen LogP contribution in [-0.2, 0) is 18.0 Å². The molecule has 0 aromatic heterocycles. The second-order valence-electron chi connectivity index (χ2n) is 11.0. The van der Waals surface area contributed by atoms with Crippen molar-refractivity contribution >= 4 is 23.1 Å². The summed E-state index contributed by atoms with van der Waals surface area (Å²) in [4.78, 5) is 55.2. The lowest BCUT2D eigenvalue weighted by atomic mass is 9.89. The second-order valence-corrected chi connectivity index (χ2v) is 11.0. The van der Waals surface area contributed by atoms with Crippen molar-refractivity contribution in [3.63, 3.8) is 0 Å². The first-order valence-electron chi connectivity index (χ1n) is 15.2. The molecule has 0 unspecified atom stereocenters. The number of benzene rings is 6. The monoisotopic (exact) mass is 614 g/mol. The second kappa shape index (κ2) is 14.4. The highest BCUT2D eigenvalue weighted by Crippen LogP contribution is 2.26. The summed E-state index contributed by atoms with van der Waals surface area (Å²) in [5.41, 5.74) is 4.00. The standard InChI is InChI=1S/C42H30O5/c43-39(29-15-5-1-6-16-29)35-25-13-23-33(37(35)41(45)31-19-9-3-10-20-31)27-47-28-34-24-14-26-36(40(44)30-17-7-2-8-18-30)38(34)42(46)32-21-11-4-12-22-32/h1-26H,27-28H2. The van der Waals surface area contributed by atoms with Gasteiger partial charge in [-0.3, -0.25) is 19.2 Å². The highest BCUT2D eigenvalue weighted by atomic mass is 16.5. The highest BCUT2D eigenvalue weighted by Gasteiger charge is 2.25. The molecule has 5 nitrogen and oxygen atoms in total. The largest absolute Gasteiger partial charge is 0.372 e. The molecular formula is C42H30O5. The molecule has 0 aliphatic heterocycles. The van der Waals surface area contributed by atoms with Crippen molar-refractivity contribution in [2.45, 2.75) is 13.2 Å². The van der Waals surface area contributed by atoms with Gasteiger partial charge >= 0.3 is 0 Å². The summed E-state index contributed by atoms with van der Waals surface area (Å²) in [5, 5.41) is 0. The molecule has 0 atom stereocenters. The van der Waals surface area contributed by atoms with Crippen LogP contribution >= 0.6 is 0 Å². The van der Waals surface area contributed by atoms with Crippen molar-refractivity contribution in [3.05, 3.63) is 213 Å². The van der Waals surface area contributed by atoms with Gasteiger partial charge in [0.2, 0.25) is 0 Å². The molecule has 0 radical (unpaired) electrons. The Morgan fingerprint density at radius 1 is 0.340 bits per heavy atom. The third-order valence-electron chi connectivity index (χ3n) is 7.90. The highest BCUT2D eigenvalue weighted by molar-refractivity contribution is 6.21. The summed E-state index contributed by atoms with van der Waals surface area (Å²) >= 11 is 0. The first kappa shape index (κ1) is 31.0. The molecule has 6 aromatic rings. The van der Waals surface area contributed by atoms with Gasteiger partial charge in [0.1, 0.15) is 0 Å². The van der Waals surface area contributed by atoms with E-state index in [9.17, 15) is 19.2 Å². The van der Waals surface area contributed by atoms with E-state index in [0.29, 0.717) is 33.4 Å². The van der Waals surface area contributed by atoms with E-state index in [0.717, 1.165) is 0 Å². The first-order valence-corrected chi connectivity index (χ1v) is 15.2. The number of rotatable bonds is 12. The normalized spacial score (nSPS) is 10.7. The number of hydrogen-bond donors (Lipinski definition) is 0. The van der Waals surface area contributed by atoms with E-state index in [1.807, 2.05) is 24.3 Å². The van der Waals surface area contributed by atoms with Gasteiger partial charge < -0.3 is 4.74 Å². The fourth-order valence-corrected chi connectivity index (χ4v) is 5.58. The van der Waals surface area contributed by atoms with Crippen LogP contribution in [0.15, 0.2) is 158 Å².